The van der Waals surface area contributed by atoms with E-state index in [0.29, 0.717) is 13.0 Å². The van der Waals surface area contributed by atoms with E-state index in [4.69, 9.17) is 0 Å². The van der Waals surface area contributed by atoms with Crippen molar-refractivity contribution >= 4 is 14.2 Å². The Hall–Kier alpha value is -1.65. The molecule has 0 aliphatic carbocycles. The van der Waals surface area contributed by atoms with Crippen molar-refractivity contribution in [3.63, 3.8) is 0 Å². The molecule has 0 atom stereocenters. The summed E-state index contributed by atoms with van der Waals surface area (Å²) in [7, 11) is -0.152. The van der Waals surface area contributed by atoms with Crippen LogP contribution in [-0.2, 0) is 4.74 Å². The van der Waals surface area contributed by atoms with Crippen molar-refractivity contribution in [2.45, 2.75) is 33.0 Å². The van der Waals surface area contributed by atoms with E-state index in [-0.39, 0.29) is 0 Å². The first-order chi connectivity index (χ1) is 8.26. The summed E-state index contributed by atoms with van der Waals surface area (Å²) in [6, 6.07) is 2.88. The van der Waals surface area contributed by atoms with Gasteiger partial charge < -0.3 is 4.74 Å². The van der Waals surface area contributed by atoms with Crippen LogP contribution in [0, 0.1) is 23.4 Å². The summed E-state index contributed by atoms with van der Waals surface area (Å²) < 4.78 is 4.69. The molecule has 3 nitrogen and oxygen atoms in total. The Bertz CT molecular complexity index is 427. The Balaban J connectivity index is 4.62. The molecule has 0 saturated carbocycles. The van der Waals surface area contributed by atoms with Gasteiger partial charge in [0.2, 0.25) is 0 Å². The largest absolute Gasteiger partial charge is 0.452 e. The lowest BCUT2D eigenvalue weighted by Crippen LogP contribution is -2.28. The molecule has 0 aromatic heterocycles. The van der Waals surface area contributed by atoms with Gasteiger partial charge >= 0.3 is 6.09 Å². The van der Waals surface area contributed by atoms with Crippen molar-refractivity contribution in [1.29, 1.82) is 0 Å². The van der Waals surface area contributed by atoms with Crippen molar-refractivity contribution < 1.29 is 9.53 Å². The Labute approximate surface area is 111 Å². The highest BCUT2D eigenvalue weighted by Crippen LogP contribution is 1.99. The third-order valence-corrected chi connectivity index (χ3v) is 2.58. The van der Waals surface area contributed by atoms with E-state index in [1.165, 1.54) is 12.0 Å². The summed E-state index contributed by atoms with van der Waals surface area (Å²) in [6.45, 7) is 12.3. The number of carbonyl (C=O) groups excluding carboxylic acids is 1. The monoisotopic (exact) mass is 263 g/mol. The Kier molecular flexibility index (Phi) is 6.93. The van der Waals surface area contributed by atoms with Crippen LogP contribution in [0.15, 0.2) is 12.2 Å². The summed E-state index contributed by atoms with van der Waals surface area (Å²) in [6.07, 6.45) is 0.125. The van der Waals surface area contributed by atoms with Gasteiger partial charge in [0.05, 0.1) is 7.11 Å². The minimum atomic E-state index is -1.50. The fourth-order valence-electron chi connectivity index (χ4n) is 0.919. The van der Waals surface area contributed by atoms with Gasteiger partial charge in [-0.3, -0.25) is 0 Å². The van der Waals surface area contributed by atoms with Crippen LogP contribution in [0.3, 0.4) is 0 Å². The summed E-state index contributed by atoms with van der Waals surface area (Å²) in [4.78, 5) is 12.9. The molecule has 0 aliphatic heterocycles. The van der Waals surface area contributed by atoms with Gasteiger partial charge in [-0.2, -0.15) is 0 Å². The van der Waals surface area contributed by atoms with Crippen LogP contribution < -0.4 is 0 Å². The van der Waals surface area contributed by atoms with Crippen molar-refractivity contribution in [3.05, 3.63) is 12.2 Å². The van der Waals surface area contributed by atoms with Crippen molar-refractivity contribution in [2.24, 2.45) is 0 Å². The minimum Gasteiger partial charge on any atom is -0.452 e. The zero-order chi connectivity index (χ0) is 14.2. The molecule has 0 N–H and O–H groups in total. The average Bonchev–Trinajstić information content (AvgIpc) is 2.25. The van der Waals surface area contributed by atoms with Gasteiger partial charge in [-0.25, -0.2) is 9.69 Å². The Morgan fingerprint density at radius 2 is 2.00 bits per heavy atom. The summed E-state index contributed by atoms with van der Waals surface area (Å²) in [5.74, 6) is 5.80. The zero-order valence-corrected chi connectivity index (χ0v) is 12.9. The van der Waals surface area contributed by atoms with Crippen LogP contribution in [0.5, 0.6) is 0 Å². The molecule has 0 aliphatic rings. The minimum absolute atomic E-state index is 0.433. The number of ether oxygens (including phenoxy) is 1. The number of nitrogens with zero attached hydrogens (tertiary/aromatic N) is 1. The normalized spacial score (nSPS) is 9.39. The second-order valence-electron chi connectivity index (χ2n) is 4.94. The molecule has 4 heteroatoms. The quantitative estimate of drug-likeness (QED) is 0.435. The maximum absolute atomic E-state index is 11.5. The molecule has 0 unspecified atom stereocenters. The third-order valence-electron chi connectivity index (χ3n) is 1.72. The summed E-state index contributed by atoms with van der Waals surface area (Å²) in [5.41, 5.74) is 3.95. The number of amides is 1. The first kappa shape index (κ1) is 16.3. The molecule has 0 bridgehead atoms. The van der Waals surface area contributed by atoms with Gasteiger partial charge in [-0.1, -0.05) is 38.1 Å². The lowest BCUT2D eigenvalue weighted by Gasteiger charge is -2.13. The third kappa shape index (κ3) is 8.49. The Morgan fingerprint density at radius 3 is 2.44 bits per heavy atom. The topological polar surface area (TPSA) is 29.5 Å². The first-order valence-electron chi connectivity index (χ1n) is 5.79. The van der Waals surface area contributed by atoms with Crippen molar-refractivity contribution in [2.75, 3.05) is 13.7 Å². The zero-order valence-electron chi connectivity index (χ0n) is 11.9. The number of methoxy groups -OCH3 is 1. The van der Waals surface area contributed by atoms with Crippen LogP contribution in [0.4, 0.5) is 4.79 Å². The average molecular weight is 263 g/mol. The molecule has 0 aromatic rings. The molecule has 0 heterocycles. The number of carbonyl (C=O) groups is 1. The molecule has 98 valence electrons. The predicted molar refractivity (Wildman–Crippen MR) is 77.4 cm³/mol. The summed E-state index contributed by atoms with van der Waals surface area (Å²) >= 11 is 0. The molecular formula is C14H21NO2Si. The van der Waals surface area contributed by atoms with E-state index in [0.717, 1.165) is 5.57 Å². The molecule has 18 heavy (non-hydrogen) atoms. The van der Waals surface area contributed by atoms with Crippen molar-refractivity contribution in [1.82, 2.24) is 4.90 Å². The van der Waals surface area contributed by atoms with E-state index < -0.39 is 14.2 Å². The van der Waals surface area contributed by atoms with Gasteiger partial charge in [0.1, 0.15) is 8.07 Å². The molecular weight excluding hydrogens is 242 g/mol. The van der Waals surface area contributed by atoms with E-state index in [9.17, 15) is 4.79 Å². The van der Waals surface area contributed by atoms with Gasteiger partial charge in [0.25, 0.3) is 0 Å². The van der Waals surface area contributed by atoms with Crippen molar-refractivity contribution in [3.8, 4) is 23.4 Å². The highest BCUT2D eigenvalue weighted by molar-refractivity contribution is 6.83. The van der Waals surface area contributed by atoms with Gasteiger partial charge in [-0.15, -0.1) is 5.54 Å². The molecule has 0 saturated heterocycles. The second kappa shape index (κ2) is 7.63. The molecule has 1 amide bonds. The Morgan fingerprint density at radius 1 is 1.39 bits per heavy atom. The predicted octanol–water partition coefficient (Wildman–Crippen LogP) is 2.86. The van der Waals surface area contributed by atoms with Crippen LogP contribution in [0.25, 0.3) is 0 Å². The number of rotatable bonds is 2. The summed E-state index contributed by atoms with van der Waals surface area (Å²) in [5, 5.41) is 0. The van der Waals surface area contributed by atoms with Crippen LogP contribution in [0.1, 0.15) is 13.3 Å². The second-order valence-corrected chi connectivity index (χ2v) is 9.69. The fraction of sp³-hybridized carbons (Fsp3) is 0.500. The van der Waals surface area contributed by atoms with Crippen LogP contribution >= 0.6 is 0 Å². The number of allylic oxidation sites excluding steroid dienone is 1. The van der Waals surface area contributed by atoms with E-state index in [1.54, 1.807) is 0 Å². The van der Waals surface area contributed by atoms with E-state index >= 15 is 0 Å². The number of hydrogen-bond donors (Lipinski definition) is 0. The first-order valence-corrected chi connectivity index (χ1v) is 9.29. The van der Waals surface area contributed by atoms with E-state index in [2.05, 4.69) is 54.4 Å². The fourth-order valence-corrected chi connectivity index (χ4v) is 1.39. The SMILES string of the molecule is C=C(C)C#CCCN(C#C[Si](C)(C)C)C(=O)OC. The highest BCUT2D eigenvalue weighted by atomic mass is 28.3. The molecule has 0 radical (unpaired) electrons. The molecule has 0 spiro atoms. The maximum atomic E-state index is 11.5. The number of hydrogen-bond acceptors (Lipinski definition) is 2. The van der Waals surface area contributed by atoms with Gasteiger partial charge in [-0.05, 0) is 12.5 Å². The standard InChI is InChI=1S/C14H21NO2Si/c1-13(2)9-7-8-10-15(14(16)17-3)11-12-18(4,5)6/h1,8,10H2,2-6H3. The molecule has 0 aromatic carbocycles. The van der Waals surface area contributed by atoms with Gasteiger partial charge in [0, 0.05) is 19.0 Å². The smallest absolute Gasteiger partial charge is 0.421 e. The lowest BCUT2D eigenvalue weighted by molar-refractivity contribution is 0.143. The van der Waals surface area contributed by atoms with E-state index in [1.807, 2.05) is 6.92 Å². The lowest BCUT2D eigenvalue weighted by atomic mass is 10.3. The highest BCUT2D eigenvalue weighted by Gasteiger charge is 2.13. The molecule has 0 rings (SSSR count). The maximum Gasteiger partial charge on any atom is 0.421 e. The molecule has 0 fully saturated rings. The van der Waals surface area contributed by atoms with Crippen LogP contribution in [-0.4, -0.2) is 32.7 Å². The van der Waals surface area contributed by atoms with Crippen LogP contribution in [0.2, 0.25) is 19.6 Å². The van der Waals surface area contributed by atoms with Gasteiger partial charge in [0.15, 0.2) is 0 Å².